The zero-order chi connectivity index (χ0) is 43.1. The van der Waals surface area contributed by atoms with Crippen LogP contribution < -0.4 is 0 Å². The number of carbonyl (C=O) groups is 1. The molecular weight excluding hydrogens is 776 g/mol. The monoisotopic (exact) mass is 846 g/mol. The van der Waals surface area contributed by atoms with E-state index in [1.54, 1.807) is 33.3 Å². The van der Waals surface area contributed by atoms with Crippen LogP contribution in [0.5, 0.6) is 0 Å². The Hall–Kier alpha value is -2.05. The minimum absolute atomic E-state index is 0.0400. The van der Waals surface area contributed by atoms with Crippen molar-refractivity contribution in [3.63, 3.8) is 0 Å². The van der Waals surface area contributed by atoms with Crippen molar-refractivity contribution >= 4 is 5.97 Å². The first-order valence-corrected chi connectivity index (χ1v) is 22.3. The van der Waals surface area contributed by atoms with Crippen molar-refractivity contribution in [3.8, 4) is 0 Å². The van der Waals surface area contributed by atoms with Gasteiger partial charge in [-0.1, -0.05) is 51.2 Å². The fraction of sp³-hybridized carbons (Fsp3) is 0.804. The highest BCUT2D eigenvalue weighted by Crippen LogP contribution is 2.48. The van der Waals surface area contributed by atoms with Crippen molar-refractivity contribution in [3.05, 3.63) is 47.1 Å². The number of esters is 1. The Morgan fingerprint density at radius 3 is 2.33 bits per heavy atom. The van der Waals surface area contributed by atoms with E-state index in [2.05, 4.69) is 26.8 Å². The number of carbonyl (C=O) groups excluding carboxylic acids is 1. The first kappa shape index (κ1) is 46.0. The molecule has 6 heterocycles. The molecule has 6 aliphatic heterocycles. The molecule has 14 heteroatoms. The van der Waals surface area contributed by atoms with Gasteiger partial charge in [-0.25, -0.2) is 0 Å². The van der Waals surface area contributed by atoms with Crippen molar-refractivity contribution in [1.29, 1.82) is 0 Å². The molecule has 0 radical (unpaired) electrons. The second-order valence-electron chi connectivity index (χ2n) is 18.4. The first-order valence-electron chi connectivity index (χ1n) is 22.3. The number of allylic oxidation sites excluding steroid dienone is 2. The summed E-state index contributed by atoms with van der Waals surface area (Å²) in [6, 6.07) is 0. The van der Waals surface area contributed by atoms with Crippen LogP contribution in [-0.2, 0) is 52.2 Å². The summed E-state index contributed by atoms with van der Waals surface area (Å²) in [6.07, 6.45) is 6.12. The molecule has 60 heavy (non-hydrogen) atoms. The van der Waals surface area contributed by atoms with Crippen LogP contribution >= 0.6 is 0 Å². The number of hydrogen-bond acceptors (Lipinski definition) is 14. The van der Waals surface area contributed by atoms with Crippen LogP contribution in [0.2, 0.25) is 0 Å². The molecule has 5 fully saturated rings. The van der Waals surface area contributed by atoms with E-state index in [1.807, 2.05) is 32.9 Å². The van der Waals surface area contributed by atoms with Gasteiger partial charge in [-0.05, 0) is 69.6 Å². The van der Waals surface area contributed by atoms with Crippen molar-refractivity contribution in [1.82, 2.24) is 0 Å². The molecule has 0 saturated carbocycles. The Labute approximate surface area is 355 Å². The molecule has 338 valence electrons. The number of ether oxygens (including phenoxy) is 10. The van der Waals surface area contributed by atoms with E-state index in [0.29, 0.717) is 62.0 Å². The van der Waals surface area contributed by atoms with Gasteiger partial charge in [-0.15, -0.1) is 0 Å². The van der Waals surface area contributed by atoms with Gasteiger partial charge in [-0.3, -0.25) is 4.79 Å². The lowest BCUT2D eigenvalue weighted by molar-refractivity contribution is -0.332. The number of hydrogen-bond donors (Lipinski definition) is 3. The molecule has 0 aromatic rings. The number of aliphatic hydroxyl groups is 3. The molecule has 3 N–H and O–H groups in total. The molecule has 0 unspecified atom stereocenters. The normalized spacial score (nSPS) is 47.8. The van der Waals surface area contributed by atoms with Gasteiger partial charge >= 0.3 is 5.97 Å². The summed E-state index contributed by atoms with van der Waals surface area (Å²) in [5.74, 6) is -2.37. The van der Waals surface area contributed by atoms with Crippen LogP contribution in [0.3, 0.4) is 0 Å². The maximum atomic E-state index is 14.3. The summed E-state index contributed by atoms with van der Waals surface area (Å²) in [5.41, 5.74) is 0.282. The van der Waals surface area contributed by atoms with Crippen LogP contribution in [0.25, 0.3) is 0 Å². The van der Waals surface area contributed by atoms with Crippen molar-refractivity contribution in [2.75, 3.05) is 20.8 Å². The van der Waals surface area contributed by atoms with Gasteiger partial charge < -0.3 is 62.7 Å². The molecule has 0 aromatic heterocycles. The maximum absolute atomic E-state index is 14.3. The molecule has 19 atom stereocenters. The number of rotatable bonds is 7. The van der Waals surface area contributed by atoms with Crippen LogP contribution in [0, 0.1) is 17.8 Å². The average Bonchev–Trinajstić information content (AvgIpc) is 3.55. The zero-order valence-electron chi connectivity index (χ0n) is 36.9. The highest BCUT2D eigenvalue weighted by Gasteiger charge is 2.60. The molecule has 1 aliphatic carbocycles. The standard InChI is InChI=1S/C46H70O14/c1-10-30-18-34-44(49)56-33-19-32(60-45(22-33)17-16-24(2)27(5)59-45)15-14-26(4)41(25(3)12-11-13-31-23-53-43(40(30)48)46(31,34)50)57-38-21-36(52-9)42(29(7)55-38)58-37-20-35(51-8)39(47)28(6)54-37/h11-14,18,24-25,27-29,32-43,47-48,50H,10,15-17,19-23H2,1-9H3/t24-,25-,27+,28-,29-,32+,33-,34-,35-,36-,37-,38-,39-,40-,41-,42-,43+,45-,46+/m0/s1. The summed E-state index contributed by atoms with van der Waals surface area (Å²) in [7, 11) is 3.22. The van der Waals surface area contributed by atoms with E-state index in [4.69, 9.17) is 47.4 Å². The zero-order valence-corrected chi connectivity index (χ0v) is 36.9. The Morgan fingerprint density at radius 1 is 0.900 bits per heavy atom. The lowest BCUT2D eigenvalue weighted by Gasteiger charge is -2.49. The quantitative estimate of drug-likeness (QED) is 0.232. The van der Waals surface area contributed by atoms with E-state index in [0.717, 1.165) is 12.0 Å². The molecule has 0 aromatic carbocycles. The fourth-order valence-corrected chi connectivity index (χ4v) is 10.4. The molecule has 14 nitrogen and oxygen atoms in total. The van der Waals surface area contributed by atoms with Gasteiger partial charge in [0.25, 0.3) is 0 Å². The summed E-state index contributed by atoms with van der Waals surface area (Å²) in [4.78, 5) is 14.3. The molecule has 1 spiro atoms. The lowest BCUT2D eigenvalue weighted by Crippen LogP contribution is -2.58. The second kappa shape index (κ2) is 19.0. The Kier molecular flexibility index (Phi) is 14.5. The lowest BCUT2D eigenvalue weighted by atomic mass is 9.70. The highest BCUT2D eigenvalue weighted by atomic mass is 16.7. The molecule has 7 aliphatic rings. The summed E-state index contributed by atoms with van der Waals surface area (Å²) < 4.78 is 63.3. The van der Waals surface area contributed by atoms with Gasteiger partial charge in [0.2, 0.25) is 0 Å². The molecule has 2 bridgehead atoms. The summed E-state index contributed by atoms with van der Waals surface area (Å²) in [5, 5.41) is 34.4. The van der Waals surface area contributed by atoms with E-state index in [9.17, 15) is 20.1 Å². The van der Waals surface area contributed by atoms with Crippen molar-refractivity contribution < 1.29 is 67.5 Å². The molecule has 7 rings (SSSR count). The Bertz CT molecular complexity index is 1630. The molecular formula is C46H70O14. The molecule has 5 saturated heterocycles. The average molecular weight is 847 g/mol. The third-order valence-electron chi connectivity index (χ3n) is 14.3. The van der Waals surface area contributed by atoms with Crippen molar-refractivity contribution in [2.24, 2.45) is 17.8 Å². The number of aliphatic hydroxyl groups excluding tert-OH is 2. The first-order chi connectivity index (χ1) is 28.6. The third kappa shape index (κ3) is 9.28. The predicted octanol–water partition coefficient (Wildman–Crippen LogP) is 4.97. The Morgan fingerprint density at radius 2 is 1.62 bits per heavy atom. The van der Waals surface area contributed by atoms with Gasteiger partial charge in [0, 0.05) is 52.2 Å². The van der Waals surface area contributed by atoms with E-state index in [-0.39, 0.29) is 30.8 Å². The molecule has 0 amide bonds. The SMILES string of the molecule is CCC1=C[C@H]2C(=O)O[C@H]3C[C@@H](CC=C(C)[C@@H](O[C@H]4C[C@H](OC)[C@@H](O[C@H]5C[C@H](OC)[C@@H](O)[C@H](C)O5)[C@H](C)O4)[C@@H](C)C=CC=C4CO[C@H]([C@H]1O)[C@@]42O)O[C@@]1(CC[C@H](C)[C@@H](C)O1)C3. The second-order valence-corrected chi connectivity index (χ2v) is 18.4. The third-order valence-corrected chi connectivity index (χ3v) is 14.3. The van der Waals surface area contributed by atoms with Crippen molar-refractivity contribution in [2.45, 2.75) is 197 Å². The van der Waals surface area contributed by atoms with E-state index >= 15 is 0 Å². The Balaban J connectivity index is 1.17. The largest absolute Gasteiger partial charge is 0.462 e. The van der Waals surface area contributed by atoms with E-state index < -0.39 is 90.8 Å². The maximum Gasteiger partial charge on any atom is 0.316 e. The number of methoxy groups -OCH3 is 2. The number of fused-ring (bicyclic) bond motifs is 2. The van der Waals surface area contributed by atoms with Gasteiger partial charge in [0.1, 0.15) is 42.0 Å². The highest BCUT2D eigenvalue weighted by molar-refractivity contribution is 5.78. The topological polar surface area (TPSA) is 170 Å². The minimum atomic E-state index is -1.82. The minimum Gasteiger partial charge on any atom is -0.462 e. The summed E-state index contributed by atoms with van der Waals surface area (Å²) in [6.45, 7) is 14.0. The van der Waals surface area contributed by atoms with Crippen LogP contribution in [0.4, 0.5) is 0 Å². The summed E-state index contributed by atoms with van der Waals surface area (Å²) >= 11 is 0. The van der Waals surface area contributed by atoms with Crippen LogP contribution in [0.1, 0.15) is 99.8 Å². The van der Waals surface area contributed by atoms with Crippen LogP contribution in [-0.4, -0.2) is 139 Å². The van der Waals surface area contributed by atoms with E-state index in [1.165, 1.54) is 0 Å². The predicted molar refractivity (Wildman–Crippen MR) is 218 cm³/mol. The fourth-order valence-electron chi connectivity index (χ4n) is 10.4. The van der Waals surface area contributed by atoms with Gasteiger partial charge in [0.05, 0.1) is 49.3 Å². The van der Waals surface area contributed by atoms with Gasteiger partial charge in [-0.2, -0.15) is 0 Å². The van der Waals surface area contributed by atoms with Gasteiger partial charge in [0.15, 0.2) is 18.4 Å². The smallest absolute Gasteiger partial charge is 0.316 e. The van der Waals surface area contributed by atoms with Crippen LogP contribution in [0.15, 0.2) is 47.1 Å².